The molecule has 4 rings (SSSR count). The van der Waals surface area contributed by atoms with Gasteiger partial charge in [0.1, 0.15) is 5.82 Å². The summed E-state index contributed by atoms with van der Waals surface area (Å²) in [5.74, 6) is -0.275. The third kappa shape index (κ3) is 3.80. The number of oxazole rings is 1. The number of rotatable bonds is 6. The van der Waals surface area contributed by atoms with Gasteiger partial charge in [0.2, 0.25) is 5.95 Å². The smallest absolute Gasteiger partial charge is 0.417 e. The highest BCUT2D eigenvalue weighted by Crippen LogP contribution is 2.28. The molecule has 0 saturated heterocycles. The number of aliphatic hydroxyl groups is 1. The average Bonchev–Trinajstić information content (AvgIpc) is 3.10. The topological polar surface area (TPSA) is 125 Å². The molecule has 2 aromatic carbocycles. The largest absolute Gasteiger partial charge is 0.494 e. The van der Waals surface area contributed by atoms with Crippen molar-refractivity contribution < 1.29 is 18.7 Å². The summed E-state index contributed by atoms with van der Waals surface area (Å²) in [6.45, 7) is 1.35. The van der Waals surface area contributed by atoms with Gasteiger partial charge in [-0.15, -0.1) is 0 Å². The fourth-order valence-corrected chi connectivity index (χ4v) is 2.94. The fraction of sp³-hybridized carbons (Fsp3) is 0.150. The van der Waals surface area contributed by atoms with E-state index in [1.54, 1.807) is 31.2 Å². The second-order valence-electron chi connectivity index (χ2n) is 6.51. The van der Waals surface area contributed by atoms with Gasteiger partial charge in [-0.3, -0.25) is 4.98 Å². The normalized spacial score (nSPS) is 10.9. The van der Waals surface area contributed by atoms with Crippen molar-refractivity contribution in [3.63, 3.8) is 0 Å². The van der Waals surface area contributed by atoms with Crippen molar-refractivity contribution in [1.29, 1.82) is 0 Å². The number of aliphatic hydroxyl groups excluding tert-OH is 1. The number of ether oxygens (including phenoxy) is 1. The molecule has 0 saturated carbocycles. The molecule has 0 fully saturated rings. The van der Waals surface area contributed by atoms with Crippen molar-refractivity contribution in [2.75, 3.05) is 17.7 Å². The highest BCUT2D eigenvalue weighted by Gasteiger charge is 2.12. The maximum atomic E-state index is 14.0. The van der Waals surface area contributed by atoms with Gasteiger partial charge in [-0.05, 0) is 36.8 Å². The minimum atomic E-state index is -0.545. The number of hydrogen-bond donors (Lipinski definition) is 4. The Morgan fingerprint density at radius 2 is 2.07 bits per heavy atom. The zero-order valence-corrected chi connectivity index (χ0v) is 16.1. The molecule has 30 heavy (non-hydrogen) atoms. The molecule has 0 aliphatic rings. The Balaban J connectivity index is 1.64. The zero-order valence-electron chi connectivity index (χ0n) is 16.1. The van der Waals surface area contributed by atoms with Crippen LogP contribution in [0.1, 0.15) is 11.1 Å². The molecule has 0 aliphatic heterocycles. The van der Waals surface area contributed by atoms with Gasteiger partial charge in [0.05, 0.1) is 19.2 Å². The summed E-state index contributed by atoms with van der Waals surface area (Å²) in [6.07, 6.45) is 1.48. The third-order valence-corrected chi connectivity index (χ3v) is 4.41. The maximum absolute atomic E-state index is 14.0. The second-order valence-corrected chi connectivity index (χ2v) is 6.51. The van der Waals surface area contributed by atoms with Crippen molar-refractivity contribution in [3.8, 4) is 5.75 Å². The molecule has 0 aliphatic carbocycles. The van der Waals surface area contributed by atoms with E-state index in [0.717, 1.165) is 0 Å². The predicted molar refractivity (Wildman–Crippen MR) is 109 cm³/mol. The molecule has 2 aromatic heterocycles. The molecule has 154 valence electrons. The molecule has 0 atom stereocenters. The van der Waals surface area contributed by atoms with Gasteiger partial charge in [-0.1, -0.05) is 0 Å². The van der Waals surface area contributed by atoms with Gasteiger partial charge < -0.3 is 24.9 Å². The molecule has 0 radical (unpaired) electrons. The van der Waals surface area contributed by atoms with E-state index in [1.807, 2.05) is 0 Å². The number of nitrogens with zero attached hydrogens (tertiary/aromatic N) is 2. The number of benzene rings is 2. The summed E-state index contributed by atoms with van der Waals surface area (Å²) < 4.78 is 24.0. The predicted octanol–water partition coefficient (Wildman–Crippen LogP) is 3.35. The molecule has 4 N–H and O–H groups in total. The van der Waals surface area contributed by atoms with Crippen molar-refractivity contribution >= 4 is 34.2 Å². The number of aromatic nitrogens is 3. The van der Waals surface area contributed by atoms with Gasteiger partial charge in [0, 0.05) is 29.2 Å². The van der Waals surface area contributed by atoms with Crippen LogP contribution >= 0.6 is 0 Å². The summed E-state index contributed by atoms with van der Waals surface area (Å²) in [4.78, 5) is 22.5. The van der Waals surface area contributed by atoms with Crippen LogP contribution in [-0.4, -0.2) is 27.2 Å². The van der Waals surface area contributed by atoms with Crippen LogP contribution in [0, 0.1) is 12.7 Å². The highest BCUT2D eigenvalue weighted by atomic mass is 19.1. The summed E-state index contributed by atoms with van der Waals surface area (Å²) in [6, 6.07) is 8.15. The quantitative estimate of drug-likeness (QED) is 0.381. The van der Waals surface area contributed by atoms with Crippen LogP contribution in [0.5, 0.6) is 5.75 Å². The first-order valence-corrected chi connectivity index (χ1v) is 8.94. The van der Waals surface area contributed by atoms with Crippen molar-refractivity contribution in [2.45, 2.75) is 13.5 Å². The highest BCUT2D eigenvalue weighted by molar-refractivity contribution is 5.78. The molecule has 4 aromatic rings. The number of anilines is 4. The summed E-state index contributed by atoms with van der Waals surface area (Å²) in [5, 5.41) is 15.7. The van der Waals surface area contributed by atoms with Crippen molar-refractivity contribution in [1.82, 2.24) is 15.0 Å². The molecule has 0 amide bonds. The Kier molecular flexibility index (Phi) is 5.07. The van der Waals surface area contributed by atoms with E-state index < -0.39 is 11.6 Å². The lowest BCUT2D eigenvalue weighted by Crippen LogP contribution is -2.05. The molecule has 0 bridgehead atoms. The van der Waals surface area contributed by atoms with E-state index in [0.29, 0.717) is 39.4 Å². The SMILES string of the molecule is COc1cc(Nc2ncc(CO)c(Nc3ccc4oc(=O)[nH]c4c3)n2)cc(C)c1F. The molecule has 2 heterocycles. The number of nitrogens with one attached hydrogen (secondary N) is 3. The maximum Gasteiger partial charge on any atom is 0.417 e. The van der Waals surface area contributed by atoms with E-state index in [1.165, 1.54) is 19.4 Å². The summed E-state index contributed by atoms with van der Waals surface area (Å²) in [7, 11) is 1.39. The van der Waals surface area contributed by atoms with Crippen LogP contribution in [0.25, 0.3) is 11.1 Å². The Morgan fingerprint density at radius 1 is 1.23 bits per heavy atom. The molecule has 0 spiro atoms. The standard InChI is InChI=1S/C20H18FN5O4/c1-10-5-13(7-16(29-2)17(10)21)24-19-22-8-11(9-27)18(26-19)23-12-3-4-15-14(6-12)25-20(28)30-15/h3-8,27H,9H2,1-2H3,(H,25,28)(H2,22,23,24,26). The van der Waals surface area contributed by atoms with Gasteiger partial charge in [0.15, 0.2) is 17.1 Å². The van der Waals surface area contributed by atoms with Crippen LogP contribution in [-0.2, 0) is 6.61 Å². The zero-order chi connectivity index (χ0) is 21.3. The van der Waals surface area contributed by atoms with E-state index in [9.17, 15) is 14.3 Å². The minimum absolute atomic E-state index is 0.102. The average molecular weight is 411 g/mol. The van der Waals surface area contributed by atoms with Crippen LogP contribution in [0.3, 0.4) is 0 Å². The monoisotopic (exact) mass is 411 g/mol. The number of methoxy groups -OCH3 is 1. The lowest BCUT2D eigenvalue weighted by Gasteiger charge is -2.13. The van der Waals surface area contributed by atoms with E-state index in [2.05, 4.69) is 25.6 Å². The molecular weight excluding hydrogens is 393 g/mol. The number of aromatic amines is 1. The van der Waals surface area contributed by atoms with Crippen LogP contribution in [0.2, 0.25) is 0 Å². The number of fused-ring (bicyclic) bond motifs is 1. The van der Waals surface area contributed by atoms with Gasteiger partial charge in [-0.25, -0.2) is 14.2 Å². The van der Waals surface area contributed by atoms with Crippen LogP contribution < -0.4 is 21.1 Å². The first-order chi connectivity index (χ1) is 14.5. The first kappa shape index (κ1) is 19.4. The summed E-state index contributed by atoms with van der Waals surface area (Å²) in [5.41, 5.74) is 3.00. The Morgan fingerprint density at radius 3 is 2.83 bits per heavy atom. The molecule has 10 heteroatoms. The van der Waals surface area contributed by atoms with Gasteiger partial charge >= 0.3 is 5.76 Å². The lowest BCUT2D eigenvalue weighted by atomic mass is 10.2. The van der Waals surface area contributed by atoms with Crippen LogP contribution in [0.4, 0.5) is 27.5 Å². The van der Waals surface area contributed by atoms with Crippen molar-refractivity contribution in [2.24, 2.45) is 0 Å². The van der Waals surface area contributed by atoms with E-state index >= 15 is 0 Å². The van der Waals surface area contributed by atoms with Gasteiger partial charge in [-0.2, -0.15) is 4.98 Å². The first-order valence-electron chi connectivity index (χ1n) is 8.94. The van der Waals surface area contributed by atoms with E-state index in [4.69, 9.17) is 9.15 Å². The molecule has 0 unspecified atom stereocenters. The number of halogens is 1. The third-order valence-electron chi connectivity index (χ3n) is 4.41. The Labute approximate surface area is 169 Å². The fourth-order valence-electron chi connectivity index (χ4n) is 2.94. The number of hydrogen-bond acceptors (Lipinski definition) is 8. The minimum Gasteiger partial charge on any atom is -0.494 e. The molecule has 9 nitrogen and oxygen atoms in total. The van der Waals surface area contributed by atoms with E-state index in [-0.39, 0.29) is 18.3 Å². The lowest BCUT2D eigenvalue weighted by molar-refractivity contribution is 0.281. The van der Waals surface area contributed by atoms with Crippen molar-refractivity contribution in [3.05, 3.63) is 64.0 Å². The summed E-state index contributed by atoms with van der Waals surface area (Å²) >= 11 is 0. The number of aryl methyl sites for hydroxylation is 1. The Hall–Kier alpha value is -3.92. The Bertz CT molecular complexity index is 1280. The van der Waals surface area contributed by atoms with Crippen LogP contribution in [0.15, 0.2) is 45.7 Å². The number of H-pyrrole nitrogens is 1. The molecular formula is C20H18FN5O4. The second kappa shape index (κ2) is 7.84. The van der Waals surface area contributed by atoms with Gasteiger partial charge in [0.25, 0.3) is 0 Å².